The molecule has 1 amide bonds. The quantitative estimate of drug-likeness (QED) is 0.822. The Kier molecular flexibility index (Phi) is 3.47. The van der Waals surface area contributed by atoms with Crippen LogP contribution in [0.2, 0.25) is 5.02 Å². The van der Waals surface area contributed by atoms with Gasteiger partial charge in [-0.05, 0) is 25.1 Å². The number of hydrogen-bond acceptors (Lipinski definition) is 5. The first-order valence-corrected chi connectivity index (χ1v) is 5.56. The minimum absolute atomic E-state index is 0.155. The monoisotopic (exact) mass is 266 g/mol. The van der Waals surface area contributed by atoms with Crippen LogP contribution in [0.25, 0.3) is 0 Å². The predicted molar refractivity (Wildman–Crippen MR) is 66.1 cm³/mol. The van der Waals surface area contributed by atoms with Gasteiger partial charge >= 0.3 is 0 Å². The number of aryl methyl sites for hydroxylation is 1. The number of nitrogen functional groups attached to an aromatic ring is 1. The standard InChI is InChI=1S/C11H11ClN4O2/c1-6-15-10(18-16-6)5-14-11(17)8-3-2-7(12)4-9(8)13/h2-4H,5,13H2,1H3,(H,14,17). The lowest BCUT2D eigenvalue weighted by atomic mass is 10.1. The highest BCUT2D eigenvalue weighted by Crippen LogP contribution is 2.17. The number of nitrogens with zero attached hydrogens (tertiary/aromatic N) is 2. The van der Waals surface area contributed by atoms with E-state index in [0.29, 0.717) is 28.0 Å². The topological polar surface area (TPSA) is 94.0 Å². The molecule has 1 aromatic carbocycles. The lowest BCUT2D eigenvalue weighted by Crippen LogP contribution is -2.23. The molecule has 2 aromatic rings. The average molecular weight is 267 g/mol. The third kappa shape index (κ3) is 2.78. The Morgan fingerprint density at radius 2 is 2.33 bits per heavy atom. The fourth-order valence-corrected chi connectivity index (χ4v) is 1.58. The molecule has 0 saturated carbocycles. The highest BCUT2D eigenvalue weighted by atomic mass is 35.5. The molecule has 1 heterocycles. The zero-order chi connectivity index (χ0) is 13.1. The summed E-state index contributed by atoms with van der Waals surface area (Å²) >= 11 is 5.75. The Hall–Kier alpha value is -2.08. The van der Waals surface area contributed by atoms with Gasteiger partial charge in [-0.3, -0.25) is 4.79 Å². The number of halogens is 1. The van der Waals surface area contributed by atoms with Crippen LogP contribution in [-0.4, -0.2) is 16.0 Å². The molecule has 0 aliphatic carbocycles. The fourth-order valence-electron chi connectivity index (χ4n) is 1.40. The fraction of sp³-hybridized carbons (Fsp3) is 0.182. The van der Waals surface area contributed by atoms with E-state index < -0.39 is 0 Å². The van der Waals surface area contributed by atoms with Crippen molar-refractivity contribution in [2.45, 2.75) is 13.5 Å². The van der Waals surface area contributed by atoms with E-state index in [9.17, 15) is 4.79 Å². The summed E-state index contributed by atoms with van der Waals surface area (Å²) in [6.45, 7) is 1.85. The van der Waals surface area contributed by atoms with E-state index >= 15 is 0 Å². The van der Waals surface area contributed by atoms with Crippen LogP contribution in [0.1, 0.15) is 22.1 Å². The maximum absolute atomic E-state index is 11.8. The second kappa shape index (κ2) is 5.05. The molecule has 0 spiro atoms. The number of anilines is 1. The third-order valence-corrected chi connectivity index (χ3v) is 2.46. The average Bonchev–Trinajstić information content (AvgIpc) is 2.72. The van der Waals surface area contributed by atoms with Crippen molar-refractivity contribution in [3.05, 3.63) is 40.5 Å². The van der Waals surface area contributed by atoms with Crippen LogP contribution in [-0.2, 0) is 6.54 Å². The van der Waals surface area contributed by atoms with Gasteiger partial charge in [0.25, 0.3) is 5.91 Å². The summed E-state index contributed by atoms with van der Waals surface area (Å²) in [6, 6.07) is 4.68. The van der Waals surface area contributed by atoms with Crippen molar-refractivity contribution < 1.29 is 9.32 Å². The lowest BCUT2D eigenvalue weighted by Gasteiger charge is -2.05. The molecule has 94 valence electrons. The minimum atomic E-state index is -0.319. The number of hydrogen-bond donors (Lipinski definition) is 2. The Morgan fingerprint density at radius 3 is 2.94 bits per heavy atom. The summed E-state index contributed by atoms with van der Waals surface area (Å²) in [5.41, 5.74) is 6.38. The van der Waals surface area contributed by atoms with Crippen LogP contribution in [0.15, 0.2) is 22.7 Å². The number of rotatable bonds is 3. The van der Waals surface area contributed by atoms with Crippen molar-refractivity contribution in [1.29, 1.82) is 0 Å². The highest BCUT2D eigenvalue weighted by Gasteiger charge is 2.11. The number of amides is 1. The number of carbonyl (C=O) groups is 1. The molecule has 0 aliphatic rings. The molecule has 0 unspecified atom stereocenters. The van der Waals surface area contributed by atoms with E-state index in [4.69, 9.17) is 21.9 Å². The van der Waals surface area contributed by atoms with Crippen LogP contribution in [0, 0.1) is 6.92 Å². The van der Waals surface area contributed by atoms with Gasteiger partial charge in [-0.2, -0.15) is 4.98 Å². The summed E-state index contributed by atoms with van der Waals surface area (Å²) < 4.78 is 4.87. The first kappa shape index (κ1) is 12.4. The zero-order valence-electron chi connectivity index (χ0n) is 9.61. The molecule has 0 fully saturated rings. The van der Waals surface area contributed by atoms with Gasteiger partial charge < -0.3 is 15.6 Å². The molecule has 6 nitrogen and oxygen atoms in total. The number of benzene rings is 1. The molecular formula is C11H11ClN4O2. The van der Waals surface area contributed by atoms with E-state index in [-0.39, 0.29) is 12.5 Å². The number of nitrogens with one attached hydrogen (secondary N) is 1. The van der Waals surface area contributed by atoms with Crippen LogP contribution in [0.4, 0.5) is 5.69 Å². The first-order chi connectivity index (χ1) is 8.56. The Bertz CT molecular complexity index is 582. The second-order valence-corrected chi connectivity index (χ2v) is 4.09. The van der Waals surface area contributed by atoms with E-state index in [0.717, 1.165) is 0 Å². The second-order valence-electron chi connectivity index (χ2n) is 3.65. The third-order valence-electron chi connectivity index (χ3n) is 2.23. The molecule has 0 bridgehead atoms. The molecule has 2 rings (SSSR count). The van der Waals surface area contributed by atoms with Gasteiger partial charge in [0.05, 0.1) is 12.1 Å². The SMILES string of the molecule is Cc1noc(CNC(=O)c2ccc(Cl)cc2N)n1. The predicted octanol–water partition coefficient (Wildman–Crippen LogP) is 1.54. The van der Waals surface area contributed by atoms with Crippen molar-refractivity contribution >= 4 is 23.2 Å². The first-order valence-electron chi connectivity index (χ1n) is 5.18. The number of carbonyl (C=O) groups excluding carboxylic acids is 1. The molecule has 0 atom stereocenters. The van der Waals surface area contributed by atoms with Gasteiger partial charge in [0.1, 0.15) is 0 Å². The Morgan fingerprint density at radius 1 is 1.56 bits per heavy atom. The van der Waals surface area contributed by atoms with Gasteiger partial charge in [0, 0.05) is 10.7 Å². The highest BCUT2D eigenvalue weighted by molar-refractivity contribution is 6.31. The summed E-state index contributed by atoms with van der Waals surface area (Å²) in [5, 5.41) is 6.73. The van der Waals surface area contributed by atoms with Gasteiger partial charge in [0.15, 0.2) is 5.82 Å². The summed E-state index contributed by atoms with van der Waals surface area (Å²) in [5.74, 6) is 0.540. The maximum atomic E-state index is 11.8. The molecule has 3 N–H and O–H groups in total. The van der Waals surface area contributed by atoms with Gasteiger partial charge in [0.2, 0.25) is 5.89 Å². The zero-order valence-corrected chi connectivity index (χ0v) is 10.4. The van der Waals surface area contributed by atoms with E-state index in [2.05, 4.69) is 15.5 Å². The van der Waals surface area contributed by atoms with E-state index in [1.807, 2.05) is 0 Å². The largest absolute Gasteiger partial charge is 0.398 e. The van der Waals surface area contributed by atoms with E-state index in [1.165, 1.54) is 6.07 Å². The normalized spacial score (nSPS) is 10.3. The maximum Gasteiger partial charge on any atom is 0.253 e. The van der Waals surface area contributed by atoms with Crippen molar-refractivity contribution in [3.63, 3.8) is 0 Å². The summed E-state index contributed by atoms with van der Waals surface area (Å²) in [4.78, 5) is 15.8. The minimum Gasteiger partial charge on any atom is -0.398 e. The number of aromatic nitrogens is 2. The Balaban J connectivity index is 2.03. The van der Waals surface area contributed by atoms with Gasteiger partial charge in [-0.15, -0.1) is 0 Å². The molecule has 0 aliphatic heterocycles. The smallest absolute Gasteiger partial charge is 0.253 e. The molecule has 18 heavy (non-hydrogen) atoms. The van der Waals surface area contributed by atoms with E-state index in [1.54, 1.807) is 19.1 Å². The van der Waals surface area contributed by atoms with Crippen LogP contribution < -0.4 is 11.1 Å². The van der Waals surface area contributed by atoms with Crippen molar-refractivity contribution in [3.8, 4) is 0 Å². The summed E-state index contributed by atoms with van der Waals surface area (Å²) in [6.07, 6.45) is 0. The van der Waals surface area contributed by atoms with Crippen LogP contribution in [0.5, 0.6) is 0 Å². The molecule has 7 heteroatoms. The summed E-state index contributed by atoms with van der Waals surface area (Å²) in [7, 11) is 0. The molecule has 0 saturated heterocycles. The molecular weight excluding hydrogens is 256 g/mol. The van der Waals surface area contributed by atoms with Crippen LogP contribution >= 0.6 is 11.6 Å². The lowest BCUT2D eigenvalue weighted by molar-refractivity contribution is 0.0947. The molecule has 1 aromatic heterocycles. The van der Waals surface area contributed by atoms with Crippen molar-refractivity contribution in [2.75, 3.05) is 5.73 Å². The van der Waals surface area contributed by atoms with Gasteiger partial charge in [-0.1, -0.05) is 16.8 Å². The van der Waals surface area contributed by atoms with Crippen LogP contribution in [0.3, 0.4) is 0 Å². The van der Waals surface area contributed by atoms with Crippen molar-refractivity contribution in [1.82, 2.24) is 15.5 Å². The van der Waals surface area contributed by atoms with Crippen molar-refractivity contribution in [2.24, 2.45) is 0 Å². The Labute approximate surface area is 108 Å². The number of nitrogens with two attached hydrogens (primary N) is 1. The molecule has 0 radical (unpaired) electrons. The van der Waals surface area contributed by atoms with Gasteiger partial charge in [-0.25, -0.2) is 0 Å².